The average molecular weight is 394 g/mol. The number of rotatable bonds is 3. The first-order valence-corrected chi connectivity index (χ1v) is 7.09. The van der Waals surface area contributed by atoms with E-state index in [0.717, 1.165) is 9.13 Å². The molecule has 0 spiro atoms. The van der Waals surface area contributed by atoms with Gasteiger partial charge in [-0.25, -0.2) is 9.97 Å². The van der Waals surface area contributed by atoms with Crippen molar-refractivity contribution in [3.63, 3.8) is 0 Å². The largest absolute Gasteiger partial charge is 0.348 e. The summed E-state index contributed by atoms with van der Waals surface area (Å²) in [7, 11) is 0. The molecule has 0 radical (unpaired) electrons. The van der Waals surface area contributed by atoms with E-state index in [1.807, 2.05) is 19.1 Å². The second-order valence-corrected chi connectivity index (χ2v) is 5.85. The molecule has 0 saturated heterocycles. The van der Waals surface area contributed by atoms with Crippen molar-refractivity contribution in [2.24, 2.45) is 0 Å². The molecule has 1 heterocycles. The molecule has 0 amide bonds. The molecule has 1 unspecified atom stereocenters. The fourth-order valence-electron chi connectivity index (χ4n) is 1.51. The molecule has 2 rings (SSSR count). The summed E-state index contributed by atoms with van der Waals surface area (Å²) in [4.78, 5) is 8.38. The van der Waals surface area contributed by atoms with Crippen LogP contribution >= 0.6 is 45.8 Å². The van der Waals surface area contributed by atoms with E-state index in [1.165, 1.54) is 0 Å². The Morgan fingerprint density at radius 2 is 1.89 bits per heavy atom. The van der Waals surface area contributed by atoms with Gasteiger partial charge in [-0.1, -0.05) is 29.3 Å². The molecule has 1 aromatic carbocycles. The van der Waals surface area contributed by atoms with Crippen LogP contribution in [0.4, 0.5) is 5.95 Å². The van der Waals surface area contributed by atoms with E-state index in [1.54, 1.807) is 18.5 Å². The normalized spacial score (nSPS) is 12.2. The van der Waals surface area contributed by atoms with Gasteiger partial charge in [-0.3, -0.25) is 0 Å². The van der Waals surface area contributed by atoms with Crippen LogP contribution in [-0.4, -0.2) is 9.97 Å². The minimum Gasteiger partial charge on any atom is -0.348 e. The number of nitrogens with zero attached hydrogens (tertiary/aromatic N) is 2. The molecule has 1 N–H and O–H groups in total. The molecule has 6 heteroatoms. The van der Waals surface area contributed by atoms with Crippen LogP contribution in [0.1, 0.15) is 18.5 Å². The molecule has 0 aliphatic heterocycles. The number of hydrogen-bond donors (Lipinski definition) is 1. The lowest BCUT2D eigenvalue weighted by atomic mass is 10.1. The summed E-state index contributed by atoms with van der Waals surface area (Å²) >= 11 is 14.2. The van der Waals surface area contributed by atoms with Crippen LogP contribution in [-0.2, 0) is 0 Å². The SMILES string of the molecule is CC(Nc1ncc(I)cn1)c1ccc(Cl)cc1Cl. The number of aromatic nitrogens is 2. The predicted octanol–water partition coefficient (Wildman–Crippen LogP) is 4.56. The van der Waals surface area contributed by atoms with Crippen LogP contribution < -0.4 is 5.32 Å². The van der Waals surface area contributed by atoms with Crippen molar-refractivity contribution in [2.75, 3.05) is 5.32 Å². The summed E-state index contributed by atoms with van der Waals surface area (Å²) in [5.74, 6) is 0.578. The highest BCUT2D eigenvalue weighted by Gasteiger charge is 2.11. The van der Waals surface area contributed by atoms with Crippen molar-refractivity contribution in [3.05, 3.63) is 49.8 Å². The third-order valence-corrected chi connectivity index (χ3v) is 3.51. The summed E-state index contributed by atoms with van der Waals surface area (Å²) < 4.78 is 0.996. The first-order valence-electron chi connectivity index (χ1n) is 5.25. The molecule has 3 nitrogen and oxygen atoms in total. The molecule has 94 valence electrons. The van der Waals surface area contributed by atoms with Gasteiger partial charge in [0.25, 0.3) is 0 Å². The predicted molar refractivity (Wildman–Crippen MR) is 83.2 cm³/mol. The van der Waals surface area contributed by atoms with Crippen molar-refractivity contribution < 1.29 is 0 Å². The first-order chi connectivity index (χ1) is 8.56. The van der Waals surface area contributed by atoms with E-state index in [0.29, 0.717) is 16.0 Å². The fraction of sp³-hybridized carbons (Fsp3) is 0.167. The molecule has 2 aromatic rings. The summed E-state index contributed by atoms with van der Waals surface area (Å²) in [6.07, 6.45) is 3.51. The molecular weight excluding hydrogens is 384 g/mol. The second-order valence-electron chi connectivity index (χ2n) is 3.76. The maximum Gasteiger partial charge on any atom is 0.223 e. The van der Waals surface area contributed by atoms with Crippen LogP contribution in [0, 0.1) is 3.57 Å². The van der Waals surface area contributed by atoms with Gasteiger partial charge in [0.2, 0.25) is 5.95 Å². The molecule has 18 heavy (non-hydrogen) atoms. The summed E-state index contributed by atoms with van der Waals surface area (Å²) in [6, 6.07) is 5.45. The number of nitrogens with one attached hydrogen (secondary N) is 1. The quantitative estimate of drug-likeness (QED) is 0.776. The van der Waals surface area contributed by atoms with Crippen molar-refractivity contribution in [2.45, 2.75) is 13.0 Å². The Labute approximate surface area is 129 Å². The highest BCUT2D eigenvalue weighted by molar-refractivity contribution is 14.1. The zero-order chi connectivity index (χ0) is 13.1. The van der Waals surface area contributed by atoms with Crippen LogP contribution in [0.3, 0.4) is 0 Å². The molecule has 0 fully saturated rings. The number of hydrogen-bond acceptors (Lipinski definition) is 3. The van der Waals surface area contributed by atoms with Gasteiger partial charge in [0.15, 0.2) is 0 Å². The van der Waals surface area contributed by atoms with Gasteiger partial charge in [0, 0.05) is 26.0 Å². The van der Waals surface area contributed by atoms with E-state index in [2.05, 4.69) is 37.9 Å². The van der Waals surface area contributed by atoms with Crippen molar-refractivity contribution in [3.8, 4) is 0 Å². The second kappa shape index (κ2) is 6.04. The highest BCUT2D eigenvalue weighted by Crippen LogP contribution is 2.27. The first kappa shape index (κ1) is 13.8. The molecule has 0 saturated carbocycles. The van der Waals surface area contributed by atoms with E-state index < -0.39 is 0 Å². The lowest BCUT2D eigenvalue weighted by molar-refractivity contribution is 0.860. The molecule has 1 aromatic heterocycles. The van der Waals surface area contributed by atoms with Crippen molar-refractivity contribution >= 4 is 51.7 Å². The van der Waals surface area contributed by atoms with Gasteiger partial charge in [0.1, 0.15) is 0 Å². The summed E-state index contributed by atoms with van der Waals surface area (Å²) in [5, 5.41) is 4.45. The van der Waals surface area contributed by atoms with Crippen LogP contribution in [0.25, 0.3) is 0 Å². The Morgan fingerprint density at radius 3 is 2.50 bits per heavy atom. The topological polar surface area (TPSA) is 37.8 Å². The van der Waals surface area contributed by atoms with Crippen molar-refractivity contribution in [1.82, 2.24) is 9.97 Å². The Balaban J connectivity index is 2.16. The molecule has 0 aliphatic carbocycles. The Morgan fingerprint density at radius 1 is 1.22 bits per heavy atom. The van der Waals surface area contributed by atoms with Crippen LogP contribution in [0.2, 0.25) is 10.0 Å². The molecular formula is C12H10Cl2IN3. The lowest BCUT2D eigenvalue weighted by Gasteiger charge is -2.15. The number of halogens is 3. The minimum absolute atomic E-state index is 0.00910. The highest BCUT2D eigenvalue weighted by atomic mass is 127. The molecule has 1 atom stereocenters. The van der Waals surface area contributed by atoms with E-state index in [4.69, 9.17) is 23.2 Å². The average Bonchev–Trinajstić information content (AvgIpc) is 2.32. The smallest absolute Gasteiger partial charge is 0.223 e. The summed E-state index contributed by atoms with van der Waals surface area (Å²) in [5.41, 5.74) is 0.961. The van der Waals surface area contributed by atoms with Crippen LogP contribution in [0.15, 0.2) is 30.6 Å². The van der Waals surface area contributed by atoms with Crippen molar-refractivity contribution in [1.29, 1.82) is 0 Å². The van der Waals surface area contributed by atoms with Gasteiger partial charge in [-0.15, -0.1) is 0 Å². The Kier molecular flexibility index (Phi) is 4.64. The summed E-state index contributed by atoms with van der Waals surface area (Å²) in [6.45, 7) is 2.00. The van der Waals surface area contributed by atoms with Crippen LogP contribution in [0.5, 0.6) is 0 Å². The zero-order valence-electron chi connectivity index (χ0n) is 9.49. The van der Waals surface area contributed by atoms with E-state index >= 15 is 0 Å². The third-order valence-electron chi connectivity index (χ3n) is 2.39. The maximum absolute atomic E-state index is 6.15. The number of benzene rings is 1. The minimum atomic E-state index is 0.00910. The van der Waals surface area contributed by atoms with Gasteiger partial charge in [-0.05, 0) is 47.2 Å². The van der Waals surface area contributed by atoms with Gasteiger partial charge in [0.05, 0.1) is 6.04 Å². The zero-order valence-corrected chi connectivity index (χ0v) is 13.2. The Bertz CT molecular complexity index is 546. The molecule has 0 aliphatic rings. The monoisotopic (exact) mass is 393 g/mol. The molecule has 0 bridgehead atoms. The maximum atomic E-state index is 6.15. The third kappa shape index (κ3) is 3.46. The Hall–Kier alpha value is -0.590. The lowest BCUT2D eigenvalue weighted by Crippen LogP contribution is -2.09. The van der Waals surface area contributed by atoms with E-state index in [-0.39, 0.29) is 6.04 Å². The van der Waals surface area contributed by atoms with Gasteiger partial charge in [-0.2, -0.15) is 0 Å². The number of anilines is 1. The van der Waals surface area contributed by atoms with Gasteiger partial charge >= 0.3 is 0 Å². The van der Waals surface area contributed by atoms with E-state index in [9.17, 15) is 0 Å². The van der Waals surface area contributed by atoms with Gasteiger partial charge < -0.3 is 5.32 Å². The fourth-order valence-corrected chi connectivity index (χ4v) is 2.36. The standard InChI is InChI=1S/C12H10Cl2IN3/c1-7(10-3-2-8(13)4-11(10)14)18-12-16-5-9(15)6-17-12/h2-7H,1H3,(H,16,17,18).